The molecule has 2 atom stereocenters. The van der Waals surface area contributed by atoms with Crippen molar-refractivity contribution in [1.29, 1.82) is 0 Å². The molecule has 0 rings (SSSR count). The van der Waals surface area contributed by atoms with Crippen LogP contribution in [0.3, 0.4) is 0 Å². The molecule has 0 fully saturated rings. The number of rotatable bonds is 8. The number of nitrogens with one attached hydrogen (secondary N) is 1. The number of hydrogen-bond donors (Lipinski definition) is 1. The van der Waals surface area contributed by atoms with Gasteiger partial charge in [-0.05, 0) is 39.4 Å². The van der Waals surface area contributed by atoms with Gasteiger partial charge in [-0.2, -0.15) is 0 Å². The third-order valence-electron chi connectivity index (χ3n) is 3.98. The van der Waals surface area contributed by atoms with Crippen LogP contribution in [-0.2, 0) is 0 Å². The quantitative estimate of drug-likeness (QED) is 0.686. The maximum absolute atomic E-state index is 3.68. The summed E-state index contributed by atoms with van der Waals surface area (Å²) in [5.74, 6) is 0.718. The Morgan fingerprint density at radius 2 is 1.56 bits per heavy atom. The van der Waals surface area contributed by atoms with Gasteiger partial charge in [-0.3, -0.25) is 4.90 Å². The average Bonchev–Trinajstić information content (AvgIpc) is 2.25. The van der Waals surface area contributed by atoms with E-state index in [4.69, 9.17) is 0 Å². The Bertz CT molecular complexity index is 174. The van der Waals surface area contributed by atoms with E-state index in [1.165, 1.54) is 6.42 Å². The normalized spacial score (nSPS) is 16.5. The van der Waals surface area contributed by atoms with Crippen LogP contribution in [0.15, 0.2) is 0 Å². The molecule has 1 N–H and O–H groups in total. The van der Waals surface area contributed by atoms with E-state index in [0.29, 0.717) is 6.04 Å². The summed E-state index contributed by atoms with van der Waals surface area (Å²) in [5, 5.41) is 3.68. The molecule has 2 nitrogen and oxygen atoms in total. The highest BCUT2D eigenvalue weighted by Crippen LogP contribution is 2.25. The van der Waals surface area contributed by atoms with E-state index < -0.39 is 0 Å². The minimum atomic E-state index is 0.231. The largest absolute Gasteiger partial charge is 0.312 e. The highest BCUT2D eigenvalue weighted by molar-refractivity contribution is 4.95. The van der Waals surface area contributed by atoms with Gasteiger partial charge in [-0.1, -0.05) is 41.0 Å². The lowest BCUT2D eigenvalue weighted by Crippen LogP contribution is -2.60. The first-order chi connectivity index (χ1) is 7.45. The maximum atomic E-state index is 3.68. The lowest BCUT2D eigenvalue weighted by atomic mass is 9.82. The van der Waals surface area contributed by atoms with Crippen molar-refractivity contribution in [1.82, 2.24) is 10.2 Å². The van der Waals surface area contributed by atoms with Gasteiger partial charge in [0, 0.05) is 11.6 Å². The predicted molar refractivity (Wildman–Crippen MR) is 73.9 cm³/mol. The van der Waals surface area contributed by atoms with Crippen LogP contribution in [0.1, 0.15) is 54.9 Å². The average molecular weight is 228 g/mol. The van der Waals surface area contributed by atoms with Crippen molar-refractivity contribution in [3.63, 3.8) is 0 Å². The molecule has 0 spiro atoms. The zero-order chi connectivity index (χ0) is 12.8. The van der Waals surface area contributed by atoms with E-state index in [-0.39, 0.29) is 5.54 Å². The van der Waals surface area contributed by atoms with Gasteiger partial charge in [-0.15, -0.1) is 0 Å². The van der Waals surface area contributed by atoms with Gasteiger partial charge >= 0.3 is 0 Å². The fourth-order valence-corrected chi connectivity index (χ4v) is 2.84. The molecule has 98 valence electrons. The Labute approximate surface area is 103 Å². The summed E-state index contributed by atoms with van der Waals surface area (Å²) in [6, 6.07) is 0.572. The molecule has 0 bridgehead atoms. The molecular formula is C14H32N2. The van der Waals surface area contributed by atoms with Crippen molar-refractivity contribution in [2.45, 2.75) is 66.5 Å². The first kappa shape index (κ1) is 15.9. The van der Waals surface area contributed by atoms with Gasteiger partial charge in [0.25, 0.3) is 0 Å². The van der Waals surface area contributed by atoms with Crippen molar-refractivity contribution < 1.29 is 0 Å². The van der Waals surface area contributed by atoms with Crippen molar-refractivity contribution in [2.75, 3.05) is 19.6 Å². The molecule has 0 radical (unpaired) electrons. The van der Waals surface area contributed by atoms with E-state index in [0.717, 1.165) is 25.6 Å². The van der Waals surface area contributed by atoms with Crippen LogP contribution in [0.25, 0.3) is 0 Å². The second kappa shape index (κ2) is 7.29. The predicted octanol–water partition coefficient (Wildman–Crippen LogP) is 3.13. The molecule has 0 saturated heterocycles. The van der Waals surface area contributed by atoms with Gasteiger partial charge in [0.1, 0.15) is 0 Å². The van der Waals surface area contributed by atoms with Crippen LogP contribution in [0.5, 0.6) is 0 Å². The molecule has 0 heterocycles. The van der Waals surface area contributed by atoms with Gasteiger partial charge in [-0.25, -0.2) is 0 Å². The van der Waals surface area contributed by atoms with E-state index >= 15 is 0 Å². The minimum Gasteiger partial charge on any atom is -0.312 e. The lowest BCUT2D eigenvalue weighted by molar-refractivity contribution is 0.0681. The zero-order valence-corrected chi connectivity index (χ0v) is 12.4. The second-order valence-corrected chi connectivity index (χ2v) is 5.25. The zero-order valence-electron chi connectivity index (χ0n) is 12.4. The van der Waals surface area contributed by atoms with Gasteiger partial charge in [0.05, 0.1) is 0 Å². The monoisotopic (exact) mass is 228 g/mol. The van der Waals surface area contributed by atoms with E-state index in [1.54, 1.807) is 0 Å². The summed E-state index contributed by atoms with van der Waals surface area (Å²) in [7, 11) is 0. The Balaban J connectivity index is 4.85. The van der Waals surface area contributed by atoms with E-state index in [2.05, 4.69) is 58.7 Å². The summed E-state index contributed by atoms with van der Waals surface area (Å²) in [5.41, 5.74) is 0.231. The Morgan fingerprint density at radius 1 is 1.06 bits per heavy atom. The van der Waals surface area contributed by atoms with Crippen LogP contribution in [0.2, 0.25) is 0 Å². The standard InChI is InChI=1S/C14H32N2/c1-8-12(5)13(15-9-2)14(6,7)16(10-3)11-4/h12-13,15H,8-11H2,1-7H3. The summed E-state index contributed by atoms with van der Waals surface area (Å²) >= 11 is 0. The summed E-state index contributed by atoms with van der Waals surface area (Å²) in [4.78, 5) is 2.56. The fourth-order valence-electron chi connectivity index (χ4n) is 2.84. The van der Waals surface area contributed by atoms with Crippen molar-refractivity contribution in [3.05, 3.63) is 0 Å². The van der Waals surface area contributed by atoms with Crippen molar-refractivity contribution in [2.24, 2.45) is 5.92 Å². The summed E-state index contributed by atoms with van der Waals surface area (Å²) < 4.78 is 0. The number of nitrogens with zero attached hydrogens (tertiary/aromatic N) is 1. The highest BCUT2D eigenvalue weighted by atomic mass is 15.2. The first-order valence-electron chi connectivity index (χ1n) is 6.93. The third kappa shape index (κ3) is 3.74. The second-order valence-electron chi connectivity index (χ2n) is 5.25. The SMILES string of the molecule is CCNC(C(C)CC)C(C)(C)N(CC)CC. The van der Waals surface area contributed by atoms with E-state index in [9.17, 15) is 0 Å². The third-order valence-corrected chi connectivity index (χ3v) is 3.98. The number of likely N-dealkylation sites (N-methyl/N-ethyl adjacent to an activating group) is 2. The number of hydrogen-bond acceptors (Lipinski definition) is 2. The molecule has 0 aromatic carbocycles. The molecule has 16 heavy (non-hydrogen) atoms. The Kier molecular flexibility index (Phi) is 7.25. The minimum absolute atomic E-state index is 0.231. The molecular weight excluding hydrogens is 196 g/mol. The smallest absolute Gasteiger partial charge is 0.0308 e. The van der Waals surface area contributed by atoms with Crippen molar-refractivity contribution in [3.8, 4) is 0 Å². The van der Waals surface area contributed by atoms with Crippen LogP contribution in [0.4, 0.5) is 0 Å². The first-order valence-corrected chi connectivity index (χ1v) is 6.93. The van der Waals surface area contributed by atoms with Gasteiger partial charge < -0.3 is 5.32 Å². The summed E-state index contributed by atoms with van der Waals surface area (Å²) in [6.07, 6.45) is 1.24. The fraction of sp³-hybridized carbons (Fsp3) is 1.00. The van der Waals surface area contributed by atoms with Gasteiger partial charge in [0.2, 0.25) is 0 Å². The molecule has 2 heteroatoms. The molecule has 0 aliphatic heterocycles. The Morgan fingerprint density at radius 3 is 1.88 bits per heavy atom. The molecule has 0 saturated carbocycles. The molecule has 0 aromatic rings. The van der Waals surface area contributed by atoms with Crippen LogP contribution < -0.4 is 5.32 Å². The van der Waals surface area contributed by atoms with Gasteiger partial charge in [0.15, 0.2) is 0 Å². The molecule has 0 aromatic heterocycles. The highest BCUT2D eigenvalue weighted by Gasteiger charge is 2.35. The van der Waals surface area contributed by atoms with Crippen LogP contribution >= 0.6 is 0 Å². The molecule has 0 aliphatic rings. The summed E-state index contributed by atoms with van der Waals surface area (Å²) in [6.45, 7) is 19.4. The molecule has 0 aliphatic carbocycles. The maximum Gasteiger partial charge on any atom is 0.0308 e. The molecule has 2 unspecified atom stereocenters. The van der Waals surface area contributed by atoms with Crippen molar-refractivity contribution >= 4 is 0 Å². The van der Waals surface area contributed by atoms with Crippen LogP contribution in [0, 0.1) is 5.92 Å². The molecule has 0 amide bonds. The topological polar surface area (TPSA) is 15.3 Å². The van der Waals surface area contributed by atoms with Crippen LogP contribution in [-0.4, -0.2) is 36.1 Å². The lowest BCUT2D eigenvalue weighted by Gasteiger charge is -2.46. The van der Waals surface area contributed by atoms with E-state index in [1.807, 2.05) is 0 Å². The Hall–Kier alpha value is -0.0800.